The van der Waals surface area contributed by atoms with Gasteiger partial charge in [0.1, 0.15) is 11.4 Å². The molecule has 9 heteroatoms. The maximum Gasteiger partial charge on any atom is 0.343 e. The van der Waals surface area contributed by atoms with E-state index in [0.29, 0.717) is 18.2 Å². The number of hydrogen-bond donors (Lipinski definition) is 1. The Hall–Kier alpha value is -1.87. The van der Waals surface area contributed by atoms with Gasteiger partial charge in [-0.25, -0.2) is 14.8 Å². The minimum Gasteiger partial charge on any atom is -0.462 e. The Bertz CT molecular complexity index is 603. The van der Waals surface area contributed by atoms with Gasteiger partial charge in [-0.2, -0.15) is 0 Å². The van der Waals surface area contributed by atoms with E-state index in [4.69, 9.17) is 15.2 Å². The molecule has 1 amide bonds. The third kappa shape index (κ3) is 4.81. The number of esters is 1. The number of thioether (sulfide) groups is 1. The fraction of sp³-hybridized carbons (Fsp3) is 0.600. The molecule has 0 bridgehead atoms. The van der Waals surface area contributed by atoms with E-state index in [9.17, 15) is 9.59 Å². The molecular weight excluding hydrogens is 332 g/mol. The van der Waals surface area contributed by atoms with Crippen molar-refractivity contribution in [3.63, 3.8) is 0 Å². The van der Waals surface area contributed by atoms with Crippen LogP contribution < -0.4 is 5.73 Å². The van der Waals surface area contributed by atoms with E-state index in [2.05, 4.69) is 9.97 Å². The Morgan fingerprint density at radius 1 is 1.42 bits per heavy atom. The number of hydrogen-bond acceptors (Lipinski definition) is 8. The third-order valence-corrected chi connectivity index (χ3v) is 4.23. The first-order valence-corrected chi connectivity index (χ1v) is 8.75. The molecule has 132 valence electrons. The minimum atomic E-state index is -0.557. The van der Waals surface area contributed by atoms with Gasteiger partial charge in [0.05, 0.1) is 24.6 Å². The van der Waals surface area contributed by atoms with Crippen molar-refractivity contribution in [3.8, 4) is 0 Å². The van der Waals surface area contributed by atoms with Gasteiger partial charge in [0.25, 0.3) is 0 Å². The van der Waals surface area contributed by atoms with Crippen LogP contribution in [-0.4, -0.2) is 64.4 Å². The van der Waals surface area contributed by atoms with Crippen molar-refractivity contribution < 1.29 is 19.1 Å². The number of nitrogens with zero attached hydrogens (tertiary/aromatic N) is 3. The van der Waals surface area contributed by atoms with Crippen LogP contribution in [-0.2, 0) is 14.3 Å². The molecule has 0 aliphatic carbocycles. The van der Waals surface area contributed by atoms with Crippen LogP contribution in [0, 0.1) is 0 Å². The van der Waals surface area contributed by atoms with Crippen LogP contribution in [0.4, 0.5) is 5.82 Å². The normalized spacial score (nSPS) is 20.7. The first kappa shape index (κ1) is 18.5. The fourth-order valence-electron chi connectivity index (χ4n) is 2.41. The molecule has 2 atom stereocenters. The average Bonchev–Trinajstić information content (AvgIpc) is 2.51. The van der Waals surface area contributed by atoms with Gasteiger partial charge in [0.15, 0.2) is 5.16 Å². The maximum atomic E-state index is 12.3. The number of anilines is 1. The second kappa shape index (κ2) is 8.29. The van der Waals surface area contributed by atoms with E-state index >= 15 is 0 Å². The fourth-order valence-corrected chi connectivity index (χ4v) is 3.14. The summed E-state index contributed by atoms with van der Waals surface area (Å²) in [5.74, 6) is -0.304. The van der Waals surface area contributed by atoms with E-state index in [-0.39, 0.29) is 41.9 Å². The Balaban J connectivity index is 1.93. The molecule has 0 saturated carbocycles. The standard InChI is InChI=1S/C15H22N4O4S/c1-4-22-14(21)11-5-17-15(18-13(11)16)24-8-12(20)19-6-9(2)23-10(3)7-19/h5,9-10H,4,6-8H2,1-3H3,(H2,16,17,18). The number of ether oxygens (including phenoxy) is 2. The molecule has 0 spiro atoms. The quantitative estimate of drug-likeness (QED) is 0.473. The molecule has 1 aromatic heterocycles. The van der Waals surface area contributed by atoms with Gasteiger partial charge in [-0.3, -0.25) is 4.79 Å². The molecule has 1 aromatic rings. The molecule has 8 nitrogen and oxygen atoms in total. The average molecular weight is 354 g/mol. The molecule has 2 rings (SSSR count). The molecule has 1 fully saturated rings. The molecule has 2 heterocycles. The highest BCUT2D eigenvalue weighted by atomic mass is 32.2. The van der Waals surface area contributed by atoms with Crippen molar-refractivity contribution in [3.05, 3.63) is 11.8 Å². The number of nitrogens with two attached hydrogens (primary N) is 1. The Morgan fingerprint density at radius 3 is 2.67 bits per heavy atom. The zero-order chi connectivity index (χ0) is 17.7. The summed E-state index contributed by atoms with van der Waals surface area (Å²) in [6.07, 6.45) is 1.38. The topological polar surface area (TPSA) is 108 Å². The van der Waals surface area contributed by atoms with E-state index in [1.54, 1.807) is 11.8 Å². The van der Waals surface area contributed by atoms with Crippen molar-refractivity contribution in [2.75, 3.05) is 31.2 Å². The first-order chi connectivity index (χ1) is 11.4. The lowest BCUT2D eigenvalue weighted by atomic mass is 10.2. The van der Waals surface area contributed by atoms with Crippen molar-refractivity contribution >= 4 is 29.5 Å². The van der Waals surface area contributed by atoms with Crippen molar-refractivity contribution in [2.24, 2.45) is 0 Å². The molecule has 2 unspecified atom stereocenters. The lowest BCUT2D eigenvalue weighted by molar-refractivity contribution is -0.140. The molecule has 0 radical (unpaired) electrons. The van der Waals surface area contributed by atoms with Gasteiger partial charge in [-0.1, -0.05) is 11.8 Å². The minimum absolute atomic E-state index is 0.00126. The van der Waals surface area contributed by atoms with E-state index in [0.717, 1.165) is 0 Å². The molecule has 1 aliphatic heterocycles. The highest BCUT2D eigenvalue weighted by molar-refractivity contribution is 7.99. The van der Waals surface area contributed by atoms with Crippen LogP contribution >= 0.6 is 11.8 Å². The lowest BCUT2D eigenvalue weighted by Gasteiger charge is -2.35. The van der Waals surface area contributed by atoms with Gasteiger partial charge in [-0.05, 0) is 20.8 Å². The summed E-state index contributed by atoms with van der Waals surface area (Å²) in [5, 5.41) is 0.350. The lowest BCUT2D eigenvalue weighted by Crippen LogP contribution is -2.48. The Morgan fingerprint density at radius 2 is 2.08 bits per heavy atom. The molecular formula is C15H22N4O4S. The van der Waals surface area contributed by atoms with Gasteiger partial charge >= 0.3 is 5.97 Å². The first-order valence-electron chi connectivity index (χ1n) is 7.76. The molecule has 1 saturated heterocycles. The third-order valence-electron chi connectivity index (χ3n) is 3.39. The van der Waals surface area contributed by atoms with E-state index in [1.807, 2.05) is 13.8 Å². The van der Waals surface area contributed by atoms with Crippen molar-refractivity contribution in [1.82, 2.24) is 14.9 Å². The predicted octanol–water partition coefficient (Wildman–Crippen LogP) is 0.963. The van der Waals surface area contributed by atoms with E-state index < -0.39 is 5.97 Å². The Labute approximate surface area is 145 Å². The zero-order valence-corrected chi connectivity index (χ0v) is 14.8. The zero-order valence-electron chi connectivity index (χ0n) is 14.0. The van der Waals surface area contributed by atoms with Gasteiger partial charge < -0.3 is 20.1 Å². The molecule has 1 aliphatic rings. The number of amides is 1. The number of nitrogen functional groups attached to an aromatic ring is 1. The molecule has 2 N–H and O–H groups in total. The molecule has 0 aromatic carbocycles. The van der Waals surface area contributed by atoms with Crippen LogP contribution in [0.2, 0.25) is 0 Å². The SMILES string of the molecule is CCOC(=O)c1cnc(SCC(=O)N2CC(C)OC(C)C2)nc1N. The monoisotopic (exact) mass is 354 g/mol. The van der Waals surface area contributed by atoms with Gasteiger partial charge in [-0.15, -0.1) is 0 Å². The summed E-state index contributed by atoms with van der Waals surface area (Å²) in [6, 6.07) is 0. The Kier molecular flexibility index (Phi) is 6.38. The number of morpholine rings is 1. The highest BCUT2D eigenvalue weighted by Crippen LogP contribution is 2.19. The molecule has 24 heavy (non-hydrogen) atoms. The van der Waals surface area contributed by atoms with Crippen LogP contribution in [0.5, 0.6) is 0 Å². The number of rotatable bonds is 5. The summed E-state index contributed by atoms with van der Waals surface area (Å²) in [4.78, 5) is 33.8. The number of carbonyl (C=O) groups is 2. The maximum absolute atomic E-state index is 12.3. The van der Waals surface area contributed by atoms with Gasteiger partial charge in [0.2, 0.25) is 5.91 Å². The number of carbonyl (C=O) groups excluding carboxylic acids is 2. The van der Waals surface area contributed by atoms with Gasteiger partial charge in [0, 0.05) is 19.3 Å². The summed E-state index contributed by atoms with van der Waals surface area (Å²) >= 11 is 1.19. The summed E-state index contributed by atoms with van der Waals surface area (Å²) in [6.45, 7) is 7.00. The van der Waals surface area contributed by atoms with E-state index in [1.165, 1.54) is 18.0 Å². The summed E-state index contributed by atoms with van der Waals surface area (Å²) in [5.41, 5.74) is 5.89. The van der Waals surface area contributed by atoms with Crippen LogP contribution in [0.3, 0.4) is 0 Å². The smallest absolute Gasteiger partial charge is 0.343 e. The summed E-state index contributed by atoms with van der Waals surface area (Å²) < 4.78 is 10.5. The van der Waals surface area contributed by atoms with Crippen LogP contribution in [0.25, 0.3) is 0 Å². The van der Waals surface area contributed by atoms with Crippen LogP contribution in [0.15, 0.2) is 11.4 Å². The second-order valence-electron chi connectivity index (χ2n) is 5.52. The van der Waals surface area contributed by atoms with Crippen LogP contribution in [0.1, 0.15) is 31.1 Å². The van der Waals surface area contributed by atoms with Crippen molar-refractivity contribution in [1.29, 1.82) is 0 Å². The number of aromatic nitrogens is 2. The summed E-state index contributed by atoms with van der Waals surface area (Å²) in [7, 11) is 0. The predicted molar refractivity (Wildman–Crippen MR) is 89.7 cm³/mol. The van der Waals surface area contributed by atoms with Crippen molar-refractivity contribution in [2.45, 2.75) is 38.1 Å². The largest absolute Gasteiger partial charge is 0.462 e. The second-order valence-corrected chi connectivity index (χ2v) is 6.46. The highest BCUT2D eigenvalue weighted by Gasteiger charge is 2.26.